The average molecular weight is 307 g/mol. The van der Waals surface area contributed by atoms with Crippen LogP contribution in [0.4, 0.5) is 11.9 Å². The van der Waals surface area contributed by atoms with E-state index in [4.69, 9.17) is 4.74 Å². The van der Waals surface area contributed by atoms with E-state index in [1.807, 2.05) is 25.3 Å². The fourth-order valence-corrected chi connectivity index (χ4v) is 2.24. The topological polar surface area (TPSA) is 72.0 Å². The molecule has 0 aliphatic rings. The van der Waals surface area contributed by atoms with Crippen molar-refractivity contribution in [3.8, 4) is 6.01 Å². The zero-order valence-electron chi connectivity index (χ0n) is 12.6. The highest BCUT2D eigenvalue weighted by Gasteiger charge is 2.09. The summed E-state index contributed by atoms with van der Waals surface area (Å²) in [5, 5.41) is 8.42. The number of nitrogens with zero attached hydrogens (tertiary/aromatic N) is 3. The van der Waals surface area contributed by atoms with Crippen molar-refractivity contribution in [3.05, 3.63) is 22.4 Å². The Kier molecular flexibility index (Phi) is 5.74. The van der Waals surface area contributed by atoms with Crippen LogP contribution in [0.5, 0.6) is 6.01 Å². The van der Waals surface area contributed by atoms with Gasteiger partial charge in [-0.2, -0.15) is 15.0 Å². The Morgan fingerprint density at radius 3 is 2.57 bits per heavy atom. The summed E-state index contributed by atoms with van der Waals surface area (Å²) >= 11 is 1.69. The van der Waals surface area contributed by atoms with Crippen molar-refractivity contribution in [3.63, 3.8) is 0 Å². The molecule has 0 atom stereocenters. The zero-order valence-corrected chi connectivity index (χ0v) is 13.4. The van der Waals surface area contributed by atoms with Crippen LogP contribution in [-0.4, -0.2) is 27.6 Å². The summed E-state index contributed by atoms with van der Waals surface area (Å²) in [5.41, 5.74) is 0. The van der Waals surface area contributed by atoms with E-state index in [-0.39, 0.29) is 6.10 Å². The molecule has 7 heteroatoms. The third-order valence-corrected chi connectivity index (χ3v) is 3.37. The zero-order chi connectivity index (χ0) is 15.1. The van der Waals surface area contributed by atoms with E-state index in [1.165, 1.54) is 4.88 Å². The van der Waals surface area contributed by atoms with Gasteiger partial charge in [0.1, 0.15) is 0 Å². The maximum atomic E-state index is 5.57. The van der Waals surface area contributed by atoms with Gasteiger partial charge in [0.25, 0.3) is 0 Å². The molecule has 0 saturated heterocycles. The summed E-state index contributed by atoms with van der Waals surface area (Å²) in [4.78, 5) is 14.1. The Morgan fingerprint density at radius 1 is 1.19 bits per heavy atom. The van der Waals surface area contributed by atoms with Crippen molar-refractivity contribution in [2.24, 2.45) is 0 Å². The molecule has 0 amide bonds. The number of rotatable bonds is 8. The second-order valence-corrected chi connectivity index (χ2v) is 5.82. The second kappa shape index (κ2) is 7.78. The van der Waals surface area contributed by atoms with Crippen LogP contribution in [0.2, 0.25) is 0 Å². The predicted molar refractivity (Wildman–Crippen MR) is 86.0 cm³/mol. The molecule has 0 aliphatic carbocycles. The highest BCUT2D eigenvalue weighted by atomic mass is 32.1. The molecule has 0 saturated carbocycles. The number of hydrogen-bond acceptors (Lipinski definition) is 7. The molecular weight excluding hydrogens is 286 g/mol. The predicted octanol–water partition coefficient (Wildman–Crippen LogP) is 3.15. The van der Waals surface area contributed by atoms with Crippen LogP contribution in [0.3, 0.4) is 0 Å². The minimum atomic E-state index is 0.0246. The van der Waals surface area contributed by atoms with Crippen LogP contribution in [0.15, 0.2) is 17.5 Å². The summed E-state index contributed by atoms with van der Waals surface area (Å²) in [6, 6.07) is 4.43. The number of hydrogen-bond donors (Lipinski definition) is 2. The Morgan fingerprint density at radius 2 is 1.95 bits per heavy atom. The van der Waals surface area contributed by atoms with E-state index in [1.54, 1.807) is 11.3 Å². The van der Waals surface area contributed by atoms with Crippen LogP contribution in [-0.2, 0) is 6.54 Å². The van der Waals surface area contributed by atoms with Crippen LogP contribution >= 0.6 is 11.3 Å². The summed E-state index contributed by atoms with van der Waals surface area (Å²) in [7, 11) is 0. The molecular formula is C14H21N5OS. The third-order valence-electron chi connectivity index (χ3n) is 2.49. The van der Waals surface area contributed by atoms with Gasteiger partial charge in [-0.3, -0.25) is 0 Å². The van der Waals surface area contributed by atoms with E-state index in [0.717, 1.165) is 13.0 Å². The smallest absolute Gasteiger partial charge is 0.323 e. The Labute approximate surface area is 129 Å². The van der Waals surface area contributed by atoms with Crippen molar-refractivity contribution >= 4 is 23.2 Å². The number of nitrogens with one attached hydrogen (secondary N) is 2. The van der Waals surface area contributed by atoms with Crippen LogP contribution in [0.1, 0.15) is 32.1 Å². The number of thiophene rings is 1. The highest BCUT2D eigenvalue weighted by Crippen LogP contribution is 2.15. The molecule has 114 valence electrons. The average Bonchev–Trinajstić information content (AvgIpc) is 2.95. The van der Waals surface area contributed by atoms with E-state index >= 15 is 0 Å². The molecule has 21 heavy (non-hydrogen) atoms. The van der Waals surface area contributed by atoms with Gasteiger partial charge in [0.2, 0.25) is 11.9 Å². The van der Waals surface area contributed by atoms with Crippen molar-refractivity contribution < 1.29 is 4.74 Å². The standard InChI is InChI=1S/C14H21N5OS/c1-4-7-15-12-17-13(16-9-11-6-5-8-21-11)19-14(18-12)20-10(2)3/h5-6,8,10H,4,7,9H2,1-3H3,(H2,15,16,17,18,19). The number of ether oxygens (including phenoxy) is 1. The molecule has 0 aliphatic heterocycles. The van der Waals surface area contributed by atoms with Gasteiger partial charge in [0, 0.05) is 11.4 Å². The first kappa shape index (κ1) is 15.5. The van der Waals surface area contributed by atoms with Gasteiger partial charge in [-0.25, -0.2) is 0 Å². The van der Waals surface area contributed by atoms with Crippen molar-refractivity contribution in [1.82, 2.24) is 15.0 Å². The van der Waals surface area contributed by atoms with Gasteiger partial charge in [-0.05, 0) is 31.7 Å². The fraction of sp³-hybridized carbons (Fsp3) is 0.500. The van der Waals surface area contributed by atoms with Gasteiger partial charge < -0.3 is 15.4 Å². The van der Waals surface area contributed by atoms with Gasteiger partial charge in [-0.15, -0.1) is 11.3 Å². The van der Waals surface area contributed by atoms with Gasteiger partial charge in [0.05, 0.1) is 12.6 Å². The monoisotopic (exact) mass is 307 g/mol. The first-order chi connectivity index (χ1) is 10.2. The lowest BCUT2D eigenvalue weighted by molar-refractivity contribution is 0.222. The van der Waals surface area contributed by atoms with Gasteiger partial charge in [-0.1, -0.05) is 13.0 Å². The SMILES string of the molecule is CCCNc1nc(NCc2cccs2)nc(OC(C)C)n1. The minimum Gasteiger partial charge on any atom is -0.461 e. The van der Waals surface area contributed by atoms with Crippen molar-refractivity contribution in [2.75, 3.05) is 17.2 Å². The minimum absolute atomic E-state index is 0.0246. The molecule has 2 aromatic heterocycles. The molecule has 2 aromatic rings. The summed E-state index contributed by atoms with van der Waals surface area (Å²) < 4.78 is 5.57. The Bertz CT molecular complexity index is 544. The normalized spacial score (nSPS) is 10.7. The molecule has 2 N–H and O–H groups in total. The first-order valence-electron chi connectivity index (χ1n) is 7.10. The van der Waals surface area contributed by atoms with Crippen LogP contribution in [0.25, 0.3) is 0 Å². The van der Waals surface area contributed by atoms with E-state index in [2.05, 4.69) is 38.6 Å². The molecule has 0 unspecified atom stereocenters. The molecule has 0 fully saturated rings. The van der Waals surface area contributed by atoms with Crippen LogP contribution < -0.4 is 15.4 Å². The van der Waals surface area contributed by atoms with E-state index in [0.29, 0.717) is 24.5 Å². The lowest BCUT2D eigenvalue weighted by Gasteiger charge is -2.11. The fourth-order valence-electron chi connectivity index (χ4n) is 1.59. The number of aromatic nitrogens is 3. The Balaban J connectivity index is 2.09. The first-order valence-corrected chi connectivity index (χ1v) is 7.98. The summed E-state index contributed by atoms with van der Waals surface area (Å²) in [5.74, 6) is 1.06. The van der Waals surface area contributed by atoms with E-state index in [9.17, 15) is 0 Å². The molecule has 2 rings (SSSR count). The quantitative estimate of drug-likeness (QED) is 0.780. The lowest BCUT2D eigenvalue weighted by atomic mass is 10.5. The molecule has 2 heterocycles. The highest BCUT2D eigenvalue weighted by molar-refractivity contribution is 7.09. The lowest BCUT2D eigenvalue weighted by Crippen LogP contribution is -2.14. The van der Waals surface area contributed by atoms with Gasteiger partial charge in [0.15, 0.2) is 0 Å². The maximum absolute atomic E-state index is 5.57. The molecule has 6 nitrogen and oxygen atoms in total. The maximum Gasteiger partial charge on any atom is 0.323 e. The molecule has 0 radical (unpaired) electrons. The molecule has 0 aromatic carbocycles. The van der Waals surface area contributed by atoms with Crippen molar-refractivity contribution in [1.29, 1.82) is 0 Å². The van der Waals surface area contributed by atoms with E-state index < -0.39 is 0 Å². The largest absolute Gasteiger partial charge is 0.461 e. The van der Waals surface area contributed by atoms with Crippen LogP contribution in [0, 0.1) is 0 Å². The number of anilines is 2. The molecule has 0 bridgehead atoms. The molecule has 0 spiro atoms. The van der Waals surface area contributed by atoms with Gasteiger partial charge >= 0.3 is 6.01 Å². The Hall–Kier alpha value is -1.89. The summed E-state index contributed by atoms with van der Waals surface area (Å²) in [6.07, 6.45) is 1.03. The third kappa shape index (κ3) is 5.18. The second-order valence-electron chi connectivity index (χ2n) is 4.79. The summed E-state index contributed by atoms with van der Waals surface area (Å²) in [6.45, 7) is 7.49. The van der Waals surface area contributed by atoms with Crippen molar-refractivity contribution in [2.45, 2.75) is 39.8 Å².